The SMILES string of the molecule is C=CCn1c(SCC(=O)Nc2sc3c(c2C(=O)OCC)CCCCC3)nnc1-c1csc(C)c1-c1ccccc1. The van der Waals surface area contributed by atoms with Gasteiger partial charge in [-0.2, -0.15) is 0 Å². The summed E-state index contributed by atoms with van der Waals surface area (Å²) in [7, 11) is 0. The van der Waals surface area contributed by atoms with Gasteiger partial charge in [-0.1, -0.05) is 54.6 Å². The summed E-state index contributed by atoms with van der Waals surface area (Å²) in [5, 5.41) is 15.3. The fraction of sp³-hybridized carbons (Fsp3) is 0.333. The Hall–Kier alpha value is -3.21. The van der Waals surface area contributed by atoms with Gasteiger partial charge in [0.2, 0.25) is 5.91 Å². The number of nitrogens with zero attached hydrogens (tertiary/aromatic N) is 3. The number of amides is 1. The molecule has 1 N–H and O–H groups in total. The number of hydrogen-bond acceptors (Lipinski definition) is 8. The summed E-state index contributed by atoms with van der Waals surface area (Å²) in [5.74, 6) is 0.324. The lowest BCUT2D eigenvalue weighted by molar-refractivity contribution is -0.113. The third kappa shape index (κ3) is 5.94. The zero-order chi connectivity index (χ0) is 28.1. The molecule has 10 heteroatoms. The molecular formula is C30H32N4O3S3. The van der Waals surface area contributed by atoms with Crippen molar-refractivity contribution in [2.24, 2.45) is 0 Å². The van der Waals surface area contributed by atoms with E-state index >= 15 is 0 Å². The lowest BCUT2D eigenvalue weighted by atomic mass is 10.0. The van der Waals surface area contributed by atoms with E-state index in [9.17, 15) is 9.59 Å². The molecule has 1 aromatic carbocycles. The zero-order valence-electron chi connectivity index (χ0n) is 22.7. The predicted octanol–water partition coefficient (Wildman–Crippen LogP) is 7.41. The minimum Gasteiger partial charge on any atom is -0.462 e. The Morgan fingerprint density at radius 3 is 2.75 bits per heavy atom. The molecular weight excluding hydrogens is 561 g/mol. The Morgan fingerprint density at radius 1 is 1.18 bits per heavy atom. The maximum absolute atomic E-state index is 13.1. The molecule has 1 amide bonds. The number of anilines is 1. The molecule has 0 saturated carbocycles. The van der Waals surface area contributed by atoms with Crippen LogP contribution >= 0.6 is 34.4 Å². The van der Waals surface area contributed by atoms with E-state index in [-0.39, 0.29) is 17.6 Å². The van der Waals surface area contributed by atoms with E-state index in [4.69, 9.17) is 4.74 Å². The Balaban J connectivity index is 1.37. The highest BCUT2D eigenvalue weighted by molar-refractivity contribution is 7.99. The smallest absolute Gasteiger partial charge is 0.341 e. The van der Waals surface area contributed by atoms with Crippen LogP contribution in [0, 0.1) is 6.92 Å². The van der Waals surface area contributed by atoms with Crippen molar-refractivity contribution >= 4 is 51.3 Å². The topological polar surface area (TPSA) is 86.1 Å². The summed E-state index contributed by atoms with van der Waals surface area (Å²) in [5.41, 5.74) is 4.85. The number of aryl methyl sites for hydroxylation is 2. The third-order valence-corrected chi connectivity index (χ3v) is 9.88. The van der Waals surface area contributed by atoms with Crippen LogP contribution < -0.4 is 5.32 Å². The number of thiophene rings is 2. The summed E-state index contributed by atoms with van der Waals surface area (Å²) >= 11 is 4.51. The summed E-state index contributed by atoms with van der Waals surface area (Å²) in [6.07, 6.45) is 6.85. The van der Waals surface area contributed by atoms with E-state index in [0.29, 0.717) is 28.9 Å². The van der Waals surface area contributed by atoms with Crippen molar-refractivity contribution in [3.63, 3.8) is 0 Å². The highest BCUT2D eigenvalue weighted by Crippen LogP contribution is 2.40. The first-order valence-corrected chi connectivity index (χ1v) is 16.1. The van der Waals surface area contributed by atoms with Crippen LogP contribution in [0.2, 0.25) is 0 Å². The first-order chi connectivity index (χ1) is 19.5. The summed E-state index contributed by atoms with van der Waals surface area (Å²) in [4.78, 5) is 28.4. The van der Waals surface area contributed by atoms with Crippen molar-refractivity contribution in [3.8, 4) is 22.5 Å². The lowest BCUT2D eigenvalue weighted by Crippen LogP contribution is -2.17. The van der Waals surface area contributed by atoms with E-state index in [1.54, 1.807) is 18.3 Å². The summed E-state index contributed by atoms with van der Waals surface area (Å²) in [6.45, 7) is 8.64. The van der Waals surface area contributed by atoms with Crippen molar-refractivity contribution in [2.45, 2.75) is 57.7 Å². The highest BCUT2D eigenvalue weighted by atomic mass is 32.2. The van der Waals surface area contributed by atoms with E-state index in [2.05, 4.69) is 46.5 Å². The molecule has 0 bridgehead atoms. The van der Waals surface area contributed by atoms with Crippen molar-refractivity contribution in [1.29, 1.82) is 0 Å². The Morgan fingerprint density at radius 2 is 1.98 bits per heavy atom. The van der Waals surface area contributed by atoms with Crippen LogP contribution in [0.15, 0.2) is 53.5 Å². The van der Waals surface area contributed by atoms with Crippen LogP contribution in [0.3, 0.4) is 0 Å². The summed E-state index contributed by atoms with van der Waals surface area (Å²) < 4.78 is 7.35. The maximum Gasteiger partial charge on any atom is 0.341 e. The second kappa shape index (κ2) is 13.0. The van der Waals surface area contributed by atoms with Gasteiger partial charge in [0, 0.05) is 32.8 Å². The molecule has 0 aliphatic heterocycles. The number of allylic oxidation sites excluding steroid dienone is 1. The summed E-state index contributed by atoms with van der Waals surface area (Å²) in [6, 6.07) is 10.3. The molecule has 40 heavy (non-hydrogen) atoms. The number of carbonyl (C=O) groups excluding carboxylic acids is 2. The Bertz CT molecular complexity index is 1520. The fourth-order valence-corrected chi connectivity index (χ4v) is 7.92. The number of benzene rings is 1. The van der Waals surface area contributed by atoms with Crippen molar-refractivity contribution < 1.29 is 14.3 Å². The number of hydrogen-bond donors (Lipinski definition) is 1. The molecule has 0 fully saturated rings. The van der Waals surface area contributed by atoms with Crippen LogP contribution in [-0.2, 0) is 28.9 Å². The van der Waals surface area contributed by atoms with Gasteiger partial charge in [-0.15, -0.1) is 39.4 Å². The molecule has 7 nitrogen and oxygen atoms in total. The van der Waals surface area contributed by atoms with Gasteiger partial charge in [-0.05, 0) is 50.7 Å². The van der Waals surface area contributed by atoms with Crippen LogP contribution in [-0.4, -0.2) is 39.0 Å². The quantitative estimate of drug-likeness (QED) is 0.0893. The zero-order valence-corrected chi connectivity index (χ0v) is 25.1. The standard InChI is InChI=1S/C30H32N4O3S3/c1-4-16-34-27(22-17-38-19(3)25(22)20-12-8-6-9-13-20)32-33-30(34)39-18-24(35)31-28-26(29(36)37-5-2)21-14-10-7-11-15-23(21)40-28/h4,6,8-9,12-13,17H,1,5,7,10-11,14-16,18H2,2-3H3,(H,31,35). The number of esters is 1. The fourth-order valence-electron chi connectivity index (χ4n) is 5.01. The van der Waals surface area contributed by atoms with Crippen LogP contribution in [0.5, 0.6) is 0 Å². The Labute approximate surface area is 246 Å². The second-order valence-electron chi connectivity index (χ2n) is 9.48. The molecule has 0 atom stereocenters. The average Bonchev–Trinajstić information content (AvgIpc) is 3.58. The molecule has 5 rings (SSSR count). The third-order valence-electron chi connectivity index (χ3n) is 6.79. The molecule has 1 aliphatic carbocycles. The maximum atomic E-state index is 13.1. The molecule has 0 spiro atoms. The van der Waals surface area contributed by atoms with Gasteiger partial charge in [-0.25, -0.2) is 4.79 Å². The van der Waals surface area contributed by atoms with E-state index in [1.165, 1.54) is 32.9 Å². The van der Waals surface area contributed by atoms with Crippen molar-refractivity contribution in [3.05, 3.63) is 69.2 Å². The van der Waals surface area contributed by atoms with Crippen LogP contribution in [0.1, 0.15) is 51.9 Å². The molecule has 4 aromatic rings. The van der Waals surface area contributed by atoms with E-state index < -0.39 is 0 Å². The number of rotatable bonds is 10. The number of nitrogens with one attached hydrogen (secondary N) is 1. The monoisotopic (exact) mass is 592 g/mol. The largest absolute Gasteiger partial charge is 0.462 e. The van der Waals surface area contributed by atoms with Gasteiger partial charge in [0.15, 0.2) is 11.0 Å². The number of carbonyl (C=O) groups is 2. The molecule has 0 saturated heterocycles. The first-order valence-electron chi connectivity index (χ1n) is 13.4. The molecule has 208 valence electrons. The van der Waals surface area contributed by atoms with Crippen LogP contribution in [0.25, 0.3) is 22.5 Å². The van der Waals surface area contributed by atoms with Gasteiger partial charge < -0.3 is 10.1 Å². The number of aromatic nitrogens is 3. The Kier molecular flexibility index (Phi) is 9.18. The van der Waals surface area contributed by atoms with Gasteiger partial charge in [0.1, 0.15) is 5.00 Å². The minimum atomic E-state index is -0.361. The van der Waals surface area contributed by atoms with E-state index in [0.717, 1.165) is 60.2 Å². The highest BCUT2D eigenvalue weighted by Gasteiger charge is 2.27. The molecule has 3 heterocycles. The second-order valence-corrected chi connectivity index (χ2v) is 12.6. The lowest BCUT2D eigenvalue weighted by Gasteiger charge is -2.10. The molecule has 1 aliphatic rings. The average molecular weight is 593 g/mol. The van der Waals surface area contributed by atoms with Gasteiger partial charge in [0.05, 0.1) is 17.9 Å². The van der Waals surface area contributed by atoms with E-state index in [1.807, 2.05) is 28.8 Å². The predicted molar refractivity (Wildman–Crippen MR) is 165 cm³/mol. The number of fused-ring (bicyclic) bond motifs is 1. The van der Waals surface area contributed by atoms with Crippen molar-refractivity contribution in [1.82, 2.24) is 14.8 Å². The van der Waals surface area contributed by atoms with Gasteiger partial charge >= 0.3 is 5.97 Å². The normalized spacial score (nSPS) is 12.9. The van der Waals surface area contributed by atoms with Gasteiger partial charge in [0.25, 0.3) is 0 Å². The molecule has 0 unspecified atom stereocenters. The minimum absolute atomic E-state index is 0.133. The first kappa shape index (κ1) is 28.3. The van der Waals surface area contributed by atoms with Crippen LogP contribution in [0.4, 0.5) is 5.00 Å². The number of thioether (sulfide) groups is 1. The molecule has 0 radical (unpaired) electrons. The van der Waals surface area contributed by atoms with Crippen molar-refractivity contribution in [2.75, 3.05) is 17.7 Å². The number of ether oxygens (including phenoxy) is 1. The molecule has 3 aromatic heterocycles. The van der Waals surface area contributed by atoms with Gasteiger partial charge in [-0.3, -0.25) is 9.36 Å².